The Bertz CT molecular complexity index is 316. The summed E-state index contributed by atoms with van der Waals surface area (Å²) in [7, 11) is 1.71. The summed E-state index contributed by atoms with van der Waals surface area (Å²) in [5.41, 5.74) is 0.739. The summed E-state index contributed by atoms with van der Waals surface area (Å²) in [4.78, 5) is 0. The van der Waals surface area contributed by atoms with Gasteiger partial charge in [0.25, 0.3) is 0 Å². The first kappa shape index (κ1) is 15.1. The van der Waals surface area contributed by atoms with Crippen LogP contribution in [-0.4, -0.2) is 31.9 Å². The van der Waals surface area contributed by atoms with Crippen LogP contribution in [0.4, 0.5) is 4.39 Å². The molecule has 0 bridgehead atoms. The highest BCUT2D eigenvalue weighted by atomic mass is 19.1. The first-order valence-corrected chi connectivity index (χ1v) is 6.37. The van der Waals surface area contributed by atoms with Gasteiger partial charge in [0.05, 0.1) is 6.10 Å². The molecule has 0 amide bonds. The highest BCUT2D eigenvalue weighted by Gasteiger charge is 2.06. The summed E-state index contributed by atoms with van der Waals surface area (Å²) < 4.78 is 17.7. The van der Waals surface area contributed by atoms with Crippen LogP contribution in [0.5, 0.6) is 0 Å². The van der Waals surface area contributed by atoms with Crippen LogP contribution < -0.4 is 5.32 Å². The number of ether oxygens (including phenoxy) is 1. The van der Waals surface area contributed by atoms with Gasteiger partial charge in [0.1, 0.15) is 5.82 Å². The summed E-state index contributed by atoms with van der Waals surface area (Å²) in [6.45, 7) is 2.18. The Labute approximate surface area is 108 Å². The maximum Gasteiger partial charge on any atom is 0.123 e. The monoisotopic (exact) mass is 255 g/mol. The minimum Gasteiger partial charge on any atom is -0.387 e. The van der Waals surface area contributed by atoms with E-state index in [-0.39, 0.29) is 5.82 Å². The molecular formula is C14H22FNO2. The fourth-order valence-electron chi connectivity index (χ4n) is 1.71. The van der Waals surface area contributed by atoms with Crippen LogP contribution in [0.3, 0.4) is 0 Å². The van der Waals surface area contributed by atoms with Gasteiger partial charge < -0.3 is 15.2 Å². The number of methoxy groups -OCH3 is 1. The molecule has 0 aliphatic heterocycles. The van der Waals surface area contributed by atoms with Gasteiger partial charge in [-0.15, -0.1) is 0 Å². The quantitative estimate of drug-likeness (QED) is 0.665. The number of hydrogen-bond donors (Lipinski definition) is 2. The molecular weight excluding hydrogens is 233 g/mol. The average molecular weight is 255 g/mol. The zero-order valence-electron chi connectivity index (χ0n) is 10.9. The van der Waals surface area contributed by atoms with Crippen molar-refractivity contribution in [3.05, 3.63) is 35.6 Å². The van der Waals surface area contributed by atoms with Gasteiger partial charge in [0.2, 0.25) is 0 Å². The second-order valence-corrected chi connectivity index (χ2v) is 4.32. The Morgan fingerprint density at radius 2 is 1.94 bits per heavy atom. The van der Waals surface area contributed by atoms with Crippen LogP contribution in [0.15, 0.2) is 24.3 Å². The second-order valence-electron chi connectivity index (χ2n) is 4.32. The summed E-state index contributed by atoms with van der Waals surface area (Å²) in [5, 5.41) is 13.0. The van der Waals surface area contributed by atoms with Crippen molar-refractivity contribution in [3.63, 3.8) is 0 Å². The minimum atomic E-state index is -0.579. The largest absolute Gasteiger partial charge is 0.387 e. The van der Waals surface area contributed by atoms with Gasteiger partial charge in [0, 0.05) is 20.3 Å². The Hall–Kier alpha value is -0.970. The third kappa shape index (κ3) is 6.10. The van der Waals surface area contributed by atoms with Gasteiger partial charge in [-0.2, -0.15) is 0 Å². The van der Waals surface area contributed by atoms with Gasteiger partial charge in [-0.25, -0.2) is 4.39 Å². The van der Waals surface area contributed by atoms with E-state index in [1.54, 1.807) is 19.2 Å². The molecule has 3 nitrogen and oxygen atoms in total. The molecule has 0 radical (unpaired) electrons. The van der Waals surface area contributed by atoms with Crippen LogP contribution in [0.25, 0.3) is 0 Å². The van der Waals surface area contributed by atoms with Crippen molar-refractivity contribution in [3.8, 4) is 0 Å². The molecule has 0 aromatic heterocycles. The Kier molecular flexibility index (Phi) is 7.57. The van der Waals surface area contributed by atoms with Gasteiger partial charge in [-0.1, -0.05) is 12.1 Å². The lowest BCUT2D eigenvalue weighted by atomic mass is 10.1. The molecule has 0 heterocycles. The number of aliphatic hydroxyl groups is 1. The number of aliphatic hydroxyl groups excluding tert-OH is 1. The van der Waals surface area contributed by atoms with Crippen molar-refractivity contribution in [2.24, 2.45) is 0 Å². The third-order valence-corrected chi connectivity index (χ3v) is 2.79. The number of rotatable bonds is 9. The summed E-state index contributed by atoms with van der Waals surface area (Å²) in [5.74, 6) is -0.281. The fraction of sp³-hybridized carbons (Fsp3) is 0.571. The zero-order valence-corrected chi connectivity index (χ0v) is 10.9. The van der Waals surface area contributed by atoms with E-state index in [1.807, 2.05) is 0 Å². The Morgan fingerprint density at radius 3 is 2.61 bits per heavy atom. The number of benzene rings is 1. The summed E-state index contributed by atoms with van der Waals surface area (Å²) >= 11 is 0. The maximum atomic E-state index is 12.7. The van der Waals surface area contributed by atoms with Crippen molar-refractivity contribution in [2.45, 2.75) is 25.4 Å². The van der Waals surface area contributed by atoms with E-state index in [1.165, 1.54) is 12.1 Å². The van der Waals surface area contributed by atoms with Crippen molar-refractivity contribution in [2.75, 3.05) is 26.8 Å². The lowest BCUT2D eigenvalue weighted by molar-refractivity contribution is 0.173. The lowest BCUT2D eigenvalue weighted by Crippen LogP contribution is -2.22. The van der Waals surface area contributed by atoms with E-state index in [2.05, 4.69) is 5.32 Å². The van der Waals surface area contributed by atoms with E-state index in [4.69, 9.17) is 4.74 Å². The second kappa shape index (κ2) is 9.03. The topological polar surface area (TPSA) is 41.5 Å². The molecule has 1 atom stereocenters. The normalized spacial score (nSPS) is 12.6. The predicted molar refractivity (Wildman–Crippen MR) is 70.0 cm³/mol. The zero-order chi connectivity index (χ0) is 13.2. The van der Waals surface area contributed by atoms with Crippen molar-refractivity contribution >= 4 is 0 Å². The van der Waals surface area contributed by atoms with E-state index < -0.39 is 6.10 Å². The van der Waals surface area contributed by atoms with Crippen LogP contribution in [-0.2, 0) is 4.74 Å². The van der Waals surface area contributed by atoms with E-state index in [9.17, 15) is 9.50 Å². The molecule has 2 N–H and O–H groups in total. The van der Waals surface area contributed by atoms with E-state index in [0.717, 1.165) is 38.0 Å². The number of nitrogens with one attached hydrogen (secondary N) is 1. The summed E-state index contributed by atoms with van der Waals surface area (Å²) in [6, 6.07) is 5.95. The predicted octanol–water partition coefficient (Wildman–Crippen LogP) is 2.27. The minimum absolute atomic E-state index is 0.281. The Morgan fingerprint density at radius 1 is 1.22 bits per heavy atom. The molecule has 0 saturated heterocycles. The first-order chi connectivity index (χ1) is 8.74. The molecule has 1 rings (SSSR count). The molecule has 0 aliphatic rings. The molecule has 0 fully saturated rings. The molecule has 0 aliphatic carbocycles. The molecule has 4 heteroatoms. The smallest absolute Gasteiger partial charge is 0.123 e. The number of halogens is 1. The number of hydrogen-bond acceptors (Lipinski definition) is 3. The van der Waals surface area contributed by atoms with Crippen LogP contribution >= 0.6 is 0 Å². The SMILES string of the molecule is COCCCCCNCC(O)c1ccc(F)cc1. The van der Waals surface area contributed by atoms with Gasteiger partial charge in [0.15, 0.2) is 0 Å². The van der Waals surface area contributed by atoms with Crippen molar-refractivity contribution in [1.82, 2.24) is 5.32 Å². The molecule has 0 saturated carbocycles. The maximum absolute atomic E-state index is 12.7. The highest BCUT2D eigenvalue weighted by Crippen LogP contribution is 2.12. The highest BCUT2D eigenvalue weighted by molar-refractivity contribution is 5.18. The average Bonchev–Trinajstić information content (AvgIpc) is 2.38. The van der Waals surface area contributed by atoms with Crippen LogP contribution in [0, 0.1) is 5.82 Å². The lowest BCUT2D eigenvalue weighted by Gasteiger charge is -2.12. The van der Waals surface area contributed by atoms with Crippen LogP contribution in [0.1, 0.15) is 30.9 Å². The van der Waals surface area contributed by atoms with Crippen molar-refractivity contribution in [1.29, 1.82) is 0 Å². The standard InChI is InChI=1S/C14H22FNO2/c1-18-10-4-2-3-9-16-11-14(17)12-5-7-13(15)8-6-12/h5-8,14,16-17H,2-4,9-11H2,1H3. The molecule has 18 heavy (non-hydrogen) atoms. The van der Waals surface area contributed by atoms with E-state index >= 15 is 0 Å². The van der Waals surface area contributed by atoms with Gasteiger partial charge in [-0.05, 0) is 43.5 Å². The first-order valence-electron chi connectivity index (χ1n) is 6.37. The molecule has 1 unspecified atom stereocenters. The van der Waals surface area contributed by atoms with E-state index in [0.29, 0.717) is 6.54 Å². The number of unbranched alkanes of at least 4 members (excludes halogenated alkanes) is 2. The van der Waals surface area contributed by atoms with Gasteiger partial charge >= 0.3 is 0 Å². The van der Waals surface area contributed by atoms with Gasteiger partial charge in [-0.3, -0.25) is 0 Å². The third-order valence-electron chi connectivity index (χ3n) is 2.79. The molecule has 0 spiro atoms. The molecule has 102 valence electrons. The molecule has 1 aromatic carbocycles. The Balaban J connectivity index is 2.10. The van der Waals surface area contributed by atoms with Crippen molar-refractivity contribution < 1.29 is 14.2 Å². The molecule has 1 aromatic rings. The fourth-order valence-corrected chi connectivity index (χ4v) is 1.71. The summed E-state index contributed by atoms with van der Waals surface area (Å²) in [6.07, 6.45) is 2.68. The van der Waals surface area contributed by atoms with Crippen LogP contribution in [0.2, 0.25) is 0 Å².